The highest BCUT2D eigenvalue weighted by atomic mass is 15.3. The number of hydrogen-bond donors (Lipinski definition) is 1. The smallest absolute Gasteiger partial charge is 0.142 e. The van der Waals surface area contributed by atoms with Crippen molar-refractivity contribution in [1.29, 1.82) is 0 Å². The van der Waals surface area contributed by atoms with E-state index in [1.165, 1.54) is 6.42 Å². The molecule has 0 aromatic carbocycles. The van der Waals surface area contributed by atoms with E-state index in [2.05, 4.69) is 47.9 Å². The molecule has 0 bridgehead atoms. The second-order valence-corrected chi connectivity index (χ2v) is 6.65. The number of hydrogen-bond acceptors (Lipinski definition) is 4. The highest BCUT2D eigenvalue weighted by Crippen LogP contribution is 2.23. The molecule has 2 unspecified atom stereocenters. The Hall–Kier alpha value is -1.00. The van der Waals surface area contributed by atoms with Gasteiger partial charge in [0.05, 0.1) is 6.54 Å². The molecule has 1 aromatic rings. The van der Waals surface area contributed by atoms with Crippen LogP contribution in [0.25, 0.3) is 0 Å². The standard InChI is InChI=1S/C16H28N4/c1-5-16(4)12-20(11-15-17-7-6-8-18-15)14(10-19-16)9-13(2)3/h6-8,13-14,19H,5,9-12H2,1-4H3. The Labute approximate surface area is 123 Å². The average molecular weight is 276 g/mol. The summed E-state index contributed by atoms with van der Waals surface area (Å²) >= 11 is 0. The van der Waals surface area contributed by atoms with E-state index in [4.69, 9.17) is 0 Å². The lowest BCUT2D eigenvalue weighted by atomic mass is 9.90. The fourth-order valence-electron chi connectivity index (χ4n) is 2.92. The zero-order valence-corrected chi connectivity index (χ0v) is 13.3. The first-order valence-electron chi connectivity index (χ1n) is 7.77. The molecule has 0 radical (unpaired) electrons. The summed E-state index contributed by atoms with van der Waals surface area (Å²) in [5, 5.41) is 3.73. The van der Waals surface area contributed by atoms with E-state index in [-0.39, 0.29) is 5.54 Å². The van der Waals surface area contributed by atoms with Crippen LogP contribution in [0.5, 0.6) is 0 Å². The highest BCUT2D eigenvalue weighted by Gasteiger charge is 2.34. The van der Waals surface area contributed by atoms with Gasteiger partial charge in [0.2, 0.25) is 0 Å². The van der Waals surface area contributed by atoms with Crippen molar-refractivity contribution in [3.05, 3.63) is 24.3 Å². The van der Waals surface area contributed by atoms with Crippen LogP contribution in [0.4, 0.5) is 0 Å². The highest BCUT2D eigenvalue weighted by molar-refractivity contribution is 4.97. The summed E-state index contributed by atoms with van der Waals surface area (Å²) in [6.45, 7) is 12.2. The number of nitrogens with zero attached hydrogens (tertiary/aromatic N) is 3. The Morgan fingerprint density at radius 1 is 1.40 bits per heavy atom. The molecular weight excluding hydrogens is 248 g/mol. The van der Waals surface area contributed by atoms with Crippen LogP contribution in [0.15, 0.2) is 18.5 Å². The summed E-state index contributed by atoms with van der Waals surface area (Å²) in [6, 6.07) is 2.46. The number of aromatic nitrogens is 2. The van der Waals surface area contributed by atoms with Crippen molar-refractivity contribution >= 4 is 0 Å². The zero-order chi connectivity index (χ0) is 14.6. The molecule has 1 aliphatic heterocycles. The predicted molar refractivity (Wildman–Crippen MR) is 82.4 cm³/mol. The topological polar surface area (TPSA) is 41.1 Å². The van der Waals surface area contributed by atoms with Crippen LogP contribution >= 0.6 is 0 Å². The predicted octanol–water partition coefficient (Wildman–Crippen LogP) is 2.47. The second kappa shape index (κ2) is 6.64. The van der Waals surface area contributed by atoms with Gasteiger partial charge < -0.3 is 5.32 Å². The van der Waals surface area contributed by atoms with Crippen LogP contribution in [-0.4, -0.2) is 39.5 Å². The minimum Gasteiger partial charge on any atom is -0.309 e. The molecule has 112 valence electrons. The van der Waals surface area contributed by atoms with Gasteiger partial charge in [0.1, 0.15) is 5.82 Å². The van der Waals surface area contributed by atoms with E-state index < -0.39 is 0 Å². The average Bonchev–Trinajstić information content (AvgIpc) is 2.43. The molecule has 0 amide bonds. The van der Waals surface area contributed by atoms with Gasteiger partial charge in [-0.05, 0) is 31.7 Å². The SMILES string of the molecule is CCC1(C)CN(Cc2ncccn2)C(CC(C)C)CN1. The number of nitrogens with one attached hydrogen (secondary N) is 1. The molecule has 0 saturated carbocycles. The lowest BCUT2D eigenvalue weighted by Gasteiger charge is -2.46. The van der Waals surface area contributed by atoms with Crippen molar-refractivity contribution in [2.45, 2.75) is 58.7 Å². The summed E-state index contributed by atoms with van der Waals surface area (Å²) in [7, 11) is 0. The van der Waals surface area contributed by atoms with Crippen LogP contribution in [0.3, 0.4) is 0 Å². The minimum atomic E-state index is 0.211. The third kappa shape index (κ3) is 4.00. The molecule has 1 N–H and O–H groups in total. The van der Waals surface area contributed by atoms with Crippen LogP contribution in [-0.2, 0) is 6.54 Å². The molecule has 4 heteroatoms. The largest absolute Gasteiger partial charge is 0.309 e. The quantitative estimate of drug-likeness (QED) is 0.897. The van der Waals surface area contributed by atoms with Gasteiger partial charge in [-0.25, -0.2) is 9.97 Å². The molecule has 2 heterocycles. The first-order valence-corrected chi connectivity index (χ1v) is 7.77. The summed E-state index contributed by atoms with van der Waals surface area (Å²) in [6.07, 6.45) is 6.04. The summed E-state index contributed by atoms with van der Waals surface area (Å²) in [5.41, 5.74) is 0.211. The van der Waals surface area contributed by atoms with E-state index in [1.54, 1.807) is 0 Å². The summed E-state index contributed by atoms with van der Waals surface area (Å²) in [5.74, 6) is 1.65. The third-order valence-electron chi connectivity index (χ3n) is 4.32. The van der Waals surface area contributed by atoms with E-state index in [1.807, 2.05) is 18.5 Å². The summed E-state index contributed by atoms with van der Waals surface area (Å²) < 4.78 is 0. The normalized spacial score (nSPS) is 27.9. The molecule has 1 saturated heterocycles. The van der Waals surface area contributed by atoms with Crippen LogP contribution < -0.4 is 5.32 Å². The van der Waals surface area contributed by atoms with Gasteiger partial charge in [0.25, 0.3) is 0 Å². The van der Waals surface area contributed by atoms with Gasteiger partial charge in [0.15, 0.2) is 0 Å². The lowest BCUT2D eigenvalue weighted by molar-refractivity contribution is 0.0643. The van der Waals surface area contributed by atoms with Crippen LogP contribution in [0.2, 0.25) is 0 Å². The Bertz CT molecular complexity index is 406. The van der Waals surface area contributed by atoms with Crippen LogP contribution in [0, 0.1) is 5.92 Å². The van der Waals surface area contributed by atoms with Gasteiger partial charge in [-0.2, -0.15) is 0 Å². The van der Waals surface area contributed by atoms with E-state index >= 15 is 0 Å². The van der Waals surface area contributed by atoms with E-state index in [9.17, 15) is 0 Å². The Kier molecular flexibility index (Phi) is 5.11. The van der Waals surface area contributed by atoms with E-state index in [0.717, 1.165) is 31.9 Å². The van der Waals surface area contributed by atoms with Gasteiger partial charge in [0, 0.05) is 37.1 Å². The fraction of sp³-hybridized carbons (Fsp3) is 0.750. The molecule has 20 heavy (non-hydrogen) atoms. The second-order valence-electron chi connectivity index (χ2n) is 6.65. The van der Waals surface area contributed by atoms with Gasteiger partial charge in [-0.3, -0.25) is 4.90 Å². The molecule has 1 fully saturated rings. The maximum Gasteiger partial charge on any atom is 0.142 e. The minimum absolute atomic E-state index is 0.211. The zero-order valence-electron chi connectivity index (χ0n) is 13.3. The van der Waals surface area contributed by atoms with Gasteiger partial charge in [-0.15, -0.1) is 0 Å². The van der Waals surface area contributed by atoms with E-state index in [0.29, 0.717) is 12.0 Å². The third-order valence-corrected chi connectivity index (χ3v) is 4.32. The molecule has 2 rings (SSSR count). The fourth-order valence-corrected chi connectivity index (χ4v) is 2.92. The molecule has 2 atom stereocenters. The van der Waals surface area contributed by atoms with Crippen molar-refractivity contribution in [1.82, 2.24) is 20.2 Å². The molecule has 0 spiro atoms. The molecule has 0 aliphatic carbocycles. The monoisotopic (exact) mass is 276 g/mol. The maximum atomic E-state index is 4.39. The summed E-state index contributed by atoms with van der Waals surface area (Å²) in [4.78, 5) is 11.3. The van der Waals surface area contributed by atoms with Gasteiger partial charge >= 0.3 is 0 Å². The van der Waals surface area contributed by atoms with Crippen LogP contribution in [0.1, 0.15) is 46.4 Å². The number of rotatable bonds is 5. The first-order chi connectivity index (χ1) is 9.52. The Morgan fingerprint density at radius 3 is 2.70 bits per heavy atom. The van der Waals surface area contributed by atoms with Crippen molar-refractivity contribution in [3.8, 4) is 0 Å². The first kappa shape index (κ1) is 15.4. The lowest BCUT2D eigenvalue weighted by Crippen LogP contribution is -2.62. The Balaban J connectivity index is 2.09. The molecular formula is C16H28N4. The van der Waals surface area contributed by atoms with Crippen molar-refractivity contribution in [3.63, 3.8) is 0 Å². The number of piperazine rings is 1. The maximum absolute atomic E-state index is 4.39. The van der Waals surface area contributed by atoms with Crippen molar-refractivity contribution in [2.75, 3.05) is 13.1 Å². The van der Waals surface area contributed by atoms with Crippen molar-refractivity contribution in [2.24, 2.45) is 5.92 Å². The van der Waals surface area contributed by atoms with Crippen molar-refractivity contribution < 1.29 is 0 Å². The molecule has 4 nitrogen and oxygen atoms in total. The molecule has 1 aliphatic rings. The van der Waals surface area contributed by atoms with Gasteiger partial charge in [-0.1, -0.05) is 20.8 Å². The molecule has 1 aromatic heterocycles. The Morgan fingerprint density at radius 2 is 2.10 bits per heavy atom.